The molecule has 312 valence electrons. The van der Waals surface area contributed by atoms with Crippen LogP contribution in [0.5, 0.6) is 0 Å². The number of imidazole rings is 2. The zero-order valence-corrected chi connectivity index (χ0v) is 35.0. The zero-order valence-electron chi connectivity index (χ0n) is 35.0. The van der Waals surface area contributed by atoms with Gasteiger partial charge in [0.25, 0.3) is 0 Å². The number of nitrogens with one attached hydrogen (secondary N) is 4. The number of nitrogens with zero attached hydrogens (tertiary/aromatic N) is 3. The quantitative estimate of drug-likeness (QED) is 0.0870. The molecule has 2 bridgehead atoms. The van der Waals surface area contributed by atoms with Gasteiger partial charge in [0, 0.05) is 18.0 Å². The fourth-order valence-corrected chi connectivity index (χ4v) is 9.81. The number of carbonyl (C=O) groups excluding carboxylic acids is 4. The monoisotopic (exact) mass is 809 g/mol. The minimum absolute atomic E-state index is 0.0203. The first-order chi connectivity index (χ1) is 29.0. The number of methoxy groups -OCH3 is 1. The number of likely N-dealkylation sites (tertiary alicyclic amines) is 1. The predicted octanol–water partition coefficient (Wildman–Crippen LogP) is 8.33. The highest BCUT2D eigenvalue weighted by Crippen LogP contribution is 2.56. The summed E-state index contributed by atoms with van der Waals surface area (Å²) < 4.78 is 4.77. The van der Waals surface area contributed by atoms with E-state index in [1.54, 1.807) is 0 Å². The number of aromatic amines is 2. The van der Waals surface area contributed by atoms with Crippen molar-refractivity contribution in [3.05, 3.63) is 108 Å². The molecule has 60 heavy (non-hydrogen) atoms. The number of Topliss-reactive ketones (excluding diaryl/α,β-unsaturated/α-hetero) is 1. The van der Waals surface area contributed by atoms with Gasteiger partial charge >= 0.3 is 6.09 Å². The van der Waals surface area contributed by atoms with E-state index in [-0.39, 0.29) is 53.2 Å². The van der Waals surface area contributed by atoms with E-state index in [4.69, 9.17) is 14.7 Å². The maximum absolute atomic E-state index is 14.0. The van der Waals surface area contributed by atoms with Crippen molar-refractivity contribution >= 4 is 23.7 Å². The van der Waals surface area contributed by atoms with E-state index in [9.17, 15) is 19.2 Å². The van der Waals surface area contributed by atoms with Crippen molar-refractivity contribution in [1.29, 1.82) is 0 Å². The Morgan fingerprint density at radius 3 is 1.87 bits per heavy atom. The largest absolute Gasteiger partial charge is 0.453 e. The number of aromatic nitrogens is 4. The SMILES string of the molecule is COC(=O)NC(C(=O)N1CCC[C@H]1c1ncc(-c2ccc(-c3ccc(-c4cnc([C@@H]5[C@H]6CC[C@H](C6)[C@H]5C(=O)NC(C(=O)c5ccccc5)C(C)C)[nH]4)cc3)cc2)[nH]1)C(C)C. The molecule has 12 heteroatoms. The number of hydrogen-bond acceptors (Lipinski definition) is 7. The maximum Gasteiger partial charge on any atom is 0.407 e. The molecule has 3 aromatic carbocycles. The summed E-state index contributed by atoms with van der Waals surface area (Å²) in [5, 5.41) is 5.89. The molecule has 2 unspecified atom stereocenters. The zero-order chi connectivity index (χ0) is 42.1. The van der Waals surface area contributed by atoms with E-state index in [2.05, 4.69) is 69.1 Å². The van der Waals surface area contributed by atoms with Gasteiger partial charge in [0.1, 0.15) is 17.7 Å². The Hall–Kier alpha value is -6.04. The third-order valence-electron chi connectivity index (χ3n) is 13.0. The number of carbonyl (C=O) groups is 4. The number of rotatable bonds is 13. The minimum atomic E-state index is -0.686. The number of hydrogen-bond donors (Lipinski definition) is 4. The van der Waals surface area contributed by atoms with Crippen LogP contribution in [0.1, 0.15) is 93.8 Å². The van der Waals surface area contributed by atoms with E-state index >= 15 is 0 Å². The second kappa shape index (κ2) is 17.3. The van der Waals surface area contributed by atoms with Gasteiger partial charge in [-0.15, -0.1) is 0 Å². The fraction of sp³-hybridized carbons (Fsp3) is 0.417. The van der Waals surface area contributed by atoms with Gasteiger partial charge < -0.3 is 30.2 Å². The molecule has 3 fully saturated rings. The van der Waals surface area contributed by atoms with E-state index in [1.165, 1.54) is 7.11 Å². The van der Waals surface area contributed by atoms with Crippen LogP contribution in [0, 0.1) is 29.6 Å². The van der Waals surface area contributed by atoms with Crippen LogP contribution in [0.4, 0.5) is 4.79 Å². The van der Waals surface area contributed by atoms with Crippen LogP contribution in [-0.2, 0) is 14.3 Å². The molecule has 4 N–H and O–H groups in total. The standard InChI is InChI=1S/C48H55N7O5/c1-27(2)41(43(56)33-10-7-6-8-11-33)53-46(57)40-35-22-21-34(24-35)39(40)45-50-26-37(52-45)32-19-15-30(16-20-32)29-13-17-31(18-14-29)36-25-49-44(51-36)38-12-9-23-55(38)47(58)42(28(3)4)54-48(59)60-5/h6-8,10-11,13-20,25-28,34-35,38-42H,9,12,21-24H2,1-5H3,(H,49,51)(H,50,52)(H,53,57)(H,54,59)/t34-,35+,38-,39+,40+,41?,42?/m0/s1. The Morgan fingerprint density at radius 2 is 1.27 bits per heavy atom. The van der Waals surface area contributed by atoms with Gasteiger partial charge in [-0.3, -0.25) is 14.4 Å². The van der Waals surface area contributed by atoms with Crippen LogP contribution < -0.4 is 10.6 Å². The Morgan fingerprint density at radius 1 is 0.700 bits per heavy atom. The molecule has 5 aromatic rings. The molecular weight excluding hydrogens is 755 g/mol. The van der Waals surface area contributed by atoms with Crippen LogP contribution in [0.15, 0.2) is 91.3 Å². The summed E-state index contributed by atoms with van der Waals surface area (Å²) in [6.07, 6.45) is 7.81. The Labute approximate surface area is 351 Å². The lowest BCUT2D eigenvalue weighted by Crippen LogP contribution is -2.51. The van der Waals surface area contributed by atoms with Crippen LogP contribution in [-0.4, -0.2) is 74.3 Å². The van der Waals surface area contributed by atoms with Crippen LogP contribution in [0.3, 0.4) is 0 Å². The summed E-state index contributed by atoms with van der Waals surface area (Å²) in [7, 11) is 1.29. The fourth-order valence-electron chi connectivity index (χ4n) is 9.81. The van der Waals surface area contributed by atoms with E-state index < -0.39 is 18.2 Å². The lowest BCUT2D eigenvalue weighted by atomic mass is 9.78. The topological polar surface area (TPSA) is 162 Å². The molecule has 3 aliphatic rings. The van der Waals surface area contributed by atoms with Gasteiger partial charge in [0.15, 0.2) is 5.78 Å². The first-order valence-corrected chi connectivity index (χ1v) is 21.4. The molecule has 0 radical (unpaired) electrons. The summed E-state index contributed by atoms with van der Waals surface area (Å²) in [5.74, 6) is 1.60. The molecule has 1 saturated heterocycles. The summed E-state index contributed by atoms with van der Waals surface area (Å²) >= 11 is 0. The number of H-pyrrole nitrogens is 2. The molecule has 3 amide bonds. The molecular formula is C48H55N7O5. The summed E-state index contributed by atoms with van der Waals surface area (Å²) in [6, 6.07) is 24.4. The van der Waals surface area contributed by atoms with Crippen LogP contribution in [0.25, 0.3) is 33.6 Å². The second-order valence-corrected chi connectivity index (χ2v) is 17.4. The number of alkyl carbamates (subject to hydrolysis) is 1. The smallest absolute Gasteiger partial charge is 0.407 e. The van der Waals surface area contributed by atoms with Crippen molar-refractivity contribution in [2.45, 2.75) is 83.8 Å². The lowest BCUT2D eigenvalue weighted by Gasteiger charge is -2.31. The first-order valence-electron chi connectivity index (χ1n) is 21.4. The number of benzene rings is 3. The van der Waals surface area contributed by atoms with Crippen molar-refractivity contribution in [3.8, 4) is 33.6 Å². The summed E-state index contributed by atoms with van der Waals surface area (Å²) in [6.45, 7) is 8.37. The third kappa shape index (κ3) is 8.11. The molecule has 12 nitrogen and oxygen atoms in total. The lowest BCUT2D eigenvalue weighted by molar-refractivity contribution is -0.135. The Kier molecular flexibility index (Phi) is 11.7. The highest BCUT2D eigenvalue weighted by Gasteiger charge is 2.53. The minimum Gasteiger partial charge on any atom is -0.453 e. The van der Waals surface area contributed by atoms with Crippen molar-refractivity contribution in [1.82, 2.24) is 35.5 Å². The number of ketones is 1. The van der Waals surface area contributed by atoms with Gasteiger partial charge in [-0.1, -0.05) is 107 Å². The van der Waals surface area contributed by atoms with Gasteiger partial charge in [0.2, 0.25) is 11.8 Å². The highest BCUT2D eigenvalue weighted by atomic mass is 16.5. The van der Waals surface area contributed by atoms with Gasteiger partial charge in [-0.2, -0.15) is 0 Å². The van der Waals surface area contributed by atoms with E-state index in [0.29, 0.717) is 18.0 Å². The van der Waals surface area contributed by atoms with Crippen molar-refractivity contribution in [3.63, 3.8) is 0 Å². The average Bonchev–Trinajstić information content (AvgIpc) is 4.13. The maximum atomic E-state index is 14.0. The average molecular weight is 810 g/mol. The van der Waals surface area contributed by atoms with E-state index in [0.717, 1.165) is 77.4 Å². The van der Waals surface area contributed by atoms with Crippen molar-refractivity contribution in [2.24, 2.45) is 29.6 Å². The van der Waals surface area contributed by atoms with Crippen LogP contribution >= 0.6 is 0 Å². The summed E-state index contributed by atoms with van der Waals surface area (Å²) in [4.78, 5) is 71.5. The molecule has 0 spiro atoms. The number of amides is 3. The molecule has 7 atom stereocenters. The molecule has 1 aliphatic heterocycles. The van der Waals surface area contributed by atoms with Crippen molar-refractivity contribution < 1.29 is 23.9 Å². The normalized spacial score (nSPS) is 21.9. The van der Waals surface area contributed by atoms with Gasteiger partial charge in [-0.25, -0.2) is 14.8 Å². The predicted molar refractivity (Wildman–Crippen MR) is 229 cm³/mol. The molecule has 2 saturated carbocycles. The van der Waals surface area contributed by atoms with E-state index in [1.807, 2.05) is 75.3 Å². The molecule has 2 aromatic heterocycles. The van der Waals surface area contributed by atoms with Gasteiger partial charge in [0.05, 0.1) is 48.9 Å². The molecule has 3 heterocycles. The molecule has 2 aliphatic carbocycles. The Bertz CT molecular complexity index is 2320. The van der Waals surface area contributed by atoms with Gasteiger partial charge in [-0.05, 0) is 78.0 Å². The second-order valence-electron chi connectivity index (χ2n) is 17.4. The summed E-state index contributed by atoms with van der Waals surface area (Å²) in [5.41, 5.74) is 6.52. The highest BCUT2D eigenvalue weighted by molar-refractivity contribution is 6.02. The molecule has 8 rings (SSSR count). The number of fused-ring (bicyclic) bond motifs is 2. The third-order valence-corrected chi connectivity index (χ3v) is 13.0. The Balaban J connectivity index is 0.926. The van der Waals surface area contributed by atoms with Crippen LogP contribution in [0.2, 0.25) is 0 Å². The number of ether oxygens (including phenoxy) is 1. The first kappa shape index (κ1) is 40.7. The van der Waals surface area contributed by atoms with Crippen molar-refractivity contribution in [2.75, 3.05) is 13.7 Å².